The number of amides is 3. The molecule has 0 radical (unpaired) electrons. The standard InChI is InChI=1S/C22H27N3O5/c1-6-25-18-8-7-14(11-19(18)30-13-22(2,3)20(25)26)23-21(27)24-15-9-16(28-4)12-17(10-15)29-5/h7-12H,6,13H2,1-5H3,(H2,23,24,27). The third kappa shape index (κ3) is 4.42. The summed E-state index contributed by atoms with van der Waals surface area (Å²) in [5.74, 6) is 1.69. The number of carbonyl (C=O) groups is 2. The number of carbonyl (C=O) groups excluding carboxylic acids is 2. The topological polar surface area (TPSA) is 89.1 Å². The fourth-order valence-corrected chi connectivity index (χ4v) is 3.21. The minimum absolute atomic E-state index is 0.00849. The summed E-state index contributed by atoms with van der Waals surface area (Å²) in [6.45, 7) is 6.43. The first-order chi connectivity index (χ1) is 14.3. The van der Waals surface area contributed by atoms with Crippen LogP contribution in [-0.2, 0) is 4.79 Å². The van der Waals surface area contributed by atoms with E-state index in [0.717, 1.165) is 0 Å². The minimum atomic E-state index is -0.634. The lowest BCUT2D eigenvalue weighted by molar-refractivity contribution is -0.127. The molecular weight excluding hydrogens is 386 g/mol. The lowest BCUT2D eigenvalue weighted by atomic mass is 9.93. The maximum Gasteiger partial charge on any atom is 0.323 e. The van der Waals surface area contributed by atoms with Crippen molar-refractivity contribution in [2.75, 3.05) is 42.9 Å². The molecule has 0 fully saturated rings. The molecule has 0 aliphatic carbocycles. The van der Waals surface area contributed by atoms with Crippen molar-refractivity contribution in [1.82, 2.24) is 0 Å². The molecule has 3 amide bonds. The molecule has 0 spiro atoms. The second-order valence-corrected chi connectivity index (χ2v) is 7.58. The van der Waals surface area contributed by atoms with E-state index < -0.39 is 11.4 Å². The van der Waals surface area contributed by atoms with E-state index in [-0.39, 0.29) is 12.5 Å². The molecule has 1 aliphatic rings. The Bertz CT molecular complexity index is 936. The minimum Gasteiger partial charge on any atom is -0.497 e. The summed E-state index contributed by atoms with van der Waals surface area (Å²) in [5, 5.41) is 5.54. The predicted octanol–water partition coefficient (Wildman–Crippen LogP) is 4.12. The van der Waals surface area contributed by atoms with Gasteiger partial charge in [0.1, 0.15) is 23.9 Å². The Morgan fingerprint density at radius 2 is 1.70 bits per heavy atom. The molecule has 160 valence electrons. The van der Waals surface area contributed by atoms with Crippen molar-refractivity contribution >= 4 is 29.0 Å². The highest BCUT2D eigenvalue weighted by Crippen LogP contribution is 2.38. The molecule has 0 saturated carbocycles. The van der Waals surface area contributed by atoms with Crippen molar-refractivity contribution in [2.45, 2.75) is 20.8 Å². The third-order valence-electron chi connectivity index (χ3n) is 4.85. The van der Waals surface area contributed by atoms with Gasteiger partial charge < -0.3 is 29.7 Å². The summed E-state index contributed by atoms with van der Waals surface area (Å²) in [6.07, 6.45) is 0. The van der Waals surface area contributed by atoms with Gasteiger partial charge in [0.2, 0.25) is 5.91 Å². The number of fused-ring (bicyclic) bond motifs is 1. The van der Waals surface area contributed by atoms with Crippen molar-refractivity contribution in [1.29, 1.82) is 0 Å². The van der Waals surface area contributed by atoms with Crippen LogP contribution in [0.25, 0.3) is 0 Å². The largest absolute Gasteiger partial charge is 0.497 e. The number of hydrogen-bond donors (Lipinski definition) is 2. The van der Waals surface area contributed by atoms with Crippen LogP contribution in [0.1, 0.15) is 20.8 Å². The van der Waals surface area contributed by atoms with Crippen LogP contribution in [0.2, 0.25) is 0 Å². The van der Waals surface area contributed by atoms with Gasteiger partial charge in [0, 0.05) is 42.2 Å². The smallest absolute Gasteiger partial charge is 0.323 e. The number of urea groups is 1. The van der Waals surface area contributed by atoms with E-state index in [4.69, 9.17) is 14.2 Å². The molecule has 0 bridgehead atoms. The van der Waals surface area contributed by atoms with Crippen LogP contribution < -0.4 is 29.7 Å². The number of rotatable bonds is 5. The Hall–Kier alpha value is -3.42. The van der Waals surface area contributed by atoms with E-state index in [1.165, 1.54) is 0 Å². The monoisotopic (exact) mass is 413 g/mol. The molecule has 0 unspecified atom stereocenters. The Kier molecular flexibility index (Phi) is 6.05. The van der Waals surface area contributed by atoms with Gasteiger partial charge in [-0.15, -0.1) is 0 Å². The van der Waals surface area contributed by atoms with Gasteiger partial charge in [-0.2, -0.15) is 0 Å². The normalized spacial score (nSPS) is 14.8. The molecule has 8 heteroatoms. The van der Waals surface area contributed by atoms with Gasteiger partial charge in [-0.05, 0) is 32.9 Å². The molecule has 2 N–H and O–H groups in total. The summed E-state index contributed by atoms with van der Waals surface area (Å²) < 4.78 is 16.3. The maximum absolute atomic E-state index is 12.8. The number of methoxy groups -OCH3 is 2. The van der Waals surface area contributed by atoms with Crippen molar-refractivity contribution in [3.8, 4) is 17.2 Å². The van der Waals surface area contributed by atoms with Gasteiger partial charge in [-0.1, -0.05) is 0 Å². The van der Waals surface area contributed by atoms with Crippen molar-refractivity contribution in [3.63, 3.8) is 0 Å². The molecule has 0 saturated heterocycles. The summed E-state index contributed by atoms with van der Waals surface area (Å²) in [4.78, 5) is 27.0. The summed E-state index contributed by atoms with van der Waals surface area (Å²) in [7, 11) is 3.08. The van der Waals surface area contributed by atoms with Gasteiger partial charge in [-0.3, -0.25) is 4.79 Å². The number of anilines is 3. The van der Waals surface area contributed by atoms with E-state index in [0.29, 0.717) is 40.9 Å². The molecule has 2 aromatic carbocycles. The van der Waals surface area contributed by atoms with Gasteiger partial charge >= 0.3 is 6.03 Å². The van der Waals surface area contributed by atoms with Crippen LogP contribution in [0, 0.1) is 5.41 Å². The molecule has 8 nitrogen and oxygen atoms in total. The molecule has 30 heavy (non-hydrogen) atoms. The second kappa shape index (κ2) is 8.52. The number of hydrogen-bond acceptors (Lipinski definition) is 5. The Morgan fingerprint density at radius 3 is 2.30 bits per heavy atom. The SMILES string of the molecule is CCN1C(=O)C(C)(C)COc2cc(NC(=O)Nc3cc(OC)cc(OC)c3)ccc21. The summed E-state index contributed by atoms with van der Waals surface area (Å²) >= 11 is 0. The number of nitrogens with zero attached hydrogens (tertiary/aromatic N) is 1. The van der Waals surface area contributed by atoms with Crippen LogP contribution in [0.3, 0.4) is 0 Å². The van der Waals surface area contributed by atoms with Gasteiger partial charge in [0.25, 0.3) is 0 Å². The molecule has 1 heterocycles. The zero-order valence-corrected chi connectivity index (χ0v) is 17.9. The first-order valence-corrected chi connectivity index (χ1v) is 9.67. The van der Waals surface area contributed by atoms with Crippen LogP contribution >= 0.6 is 0 Å². The second-order valence-electron chi connectivity index (χ2n) is 7.58. The maximum atomic E-state index is 12.8. The fourth-order valence-electron chi connectivity index (χ4n) is 3.21. The Morgan fingerprint density at radius 1 is 1.07 bits per heavy atom. The Labute approximate surface area is 176 Å². The first-order valence-electron chi connectivity index (χ1n) is 9.67. The number of nitrogens with one attached hydrogen (secondary N) is 2. The molecule has 3 rings (SSSR count). The van der Waals surface area contributed by atoms with Gasteiger partial charge in [0.05, 0.1) is 25.3 Å². The lowest BCUT2D eigenvalue weighted by Crippen LogP contribution is -2.42. The van der Waals surface area contributed by atoms with E-state index in [1.54, 1.807) is 55.5 Å². The lowest BCUT2D eigenvalue weighted by Gasteiger charge is -2.26. The molecule has 0 atom stereocenters. The van der Waals surface area contributed by atoms with Crippen LogP contribution in [-0.4, -0.2) is 39.3 Å². The molecule has 0 aromatic heterocycles. The van der Waals surface area contributed by atoms with Crippen molar-refractivity contribution in [2.24, 2.45) is 5.41 Å². The zero-order chi connectivity index (χ0) is 21.9. The first kappa shape index (κ1) is 21.3. The molecule has 1 aliphatic heterocycles. The highest BCUT2D eigenvalue weighted by molar-refractivity contribution is 6.02. The number of benzene rings is 2. The van der Waals surface area contributed by atoms with E-state index >= 15 is 0 Å². The van der Waals surface area contributed by atoms with E-state index in [9.17, 15) is 9.59 Å². The van der Waals surface area contributed by atoms with Gasteiger partial charge in [0.15, 0.2) is 0 Å². The van der Waals surface area contributed by atoms with Crippen molar-refractivity contribution in [3.05, 3.63) is 36.4 Å². The van der Waals surface area contributed by atoms with Crippen LogP contribution in [0.5, 0.6) is 17.2 Å². The average Bonchev–Trinajstić information content (AvgIpc) is 2.81. The van der Waals surface area contributed by atoms with E-state index in [1.807, 2.05) is 20.8 Å². The van der Waals surface area contributed by atoms with Crippen LogP contribution in [0.15, 0.2) is 36.4 Å². The predicted molar refractivity (Wildman–Crippen MR) is 116 cm³/mol. The fraction of sp³-hybridized carbons (Fsp3) is 0.364. The highest BCUT2D eigenvalue weighted by atomic mass is 16.5. The van der Waals surface area contributed by atoms with Gasteiger partial charge in [-0.25, -0.2) is 4.79 Å². The highest BCUT2D eigenvalue weighted by Gasteiger charge is 2.37. The summed E-state index contributed by atoms with van der Waals surface area (Å²) in [5.41, 5.74) is 1.13. The van der Waals surface area contributed by atoms with Crippen LogP contribution in [0.4, 0.5) is 21.9 Å². The molecular formula is C22H27N3O5. The third-order valence-corrected chi connectivity index (χ3v) is 4.85. The Balaban J connectivity index is 1.78. The van der Waals surface area contributed by atoms with Crippen molar-refractivity contribution < 1.29 is 23.8 Å². The molecule has 2 aromatic rings. The average molecular weight is 413 g/mol. The number of ether oxygens (including phenoxy) is 3. The summed E-state index contributed by atoms with van der Waals surface area (Å²) in [6, 6.07) is 9.91. The van der Waals surface area contributed by atoms with E-state index in [2.05, 4.69) is 10.6 Å². The quantitative estimate of drug-likeness (QED) is 0.770. The zero-order valence-electron chi connectivity index (χ0n) is 17.9.